The Balaban J connectivity index is 1.79. The molecule has 0 fully saturated rings. The third-order valence-electron chi connectivity index (χ3n) is 6.22. The van der Waals surface area contributed by atoms with Crippen LogP contribution >= 0.6 is 11.6 Å². The van der Waals surface area contributed by atoms with E-state index in [0.29, 0.717) is 35.2 Å². The summed E-state index contributed by atoms with van der Waals surface area (Å²) in [6.45, 7) is 1.82. The maximum Gasteiger partial charge on any atom is 0.493 e. The standard InChI is InChI=1S/C27H28ClF3N4O3/c1-33(2)14-13-32-12-11-21-17-34(38-26(37)27(29,30)31)25(36)23-16-22(19-9-6-10-20(28)15-19)24(35(21)23)18-7-4-3-5-8-18/h3-10,15-16,21,32H,11-14,17H2,1-2H3. The normalized spacial score (nSPS) is 15.6. The summed E-state index contributed by atoms with van der Waals surface area (Å²) in [7, 11) is 3.91. The Labute approximate surface area is 223 Å². The summed E-state index contributed by atoms with van der Waals surface area (Å²) < 4.78 is 40.8. The highest BCUT2D eigenvalue weighted by Gasteiger charge is 2.45. The average molecular weight is 549 g/mol. The molecule has 0 saturated heterocycles. The van der Waals surface area contributed by atoms with Crippen molar-refractivity contribution in [2.45, 2.75) is 18.6 Å². The minimum absolute atomic E-state index is 0.123. The van der Waals surface area contributed by atoms with Gasteiger partial charge in [-0.05, 0) is 56.4 Å². The molecule has 0 spiro atoms. The summed E-state index contributed by atoms with van der Waals surface area (Å²) in [5.41, 5.74) is 3.12. The van der Waals surface area contributed by atoms with E-state index in [1.807, 2.05) is 60.0 Å². The average Bonchev–Trinajstić information content (AvgIpc) is 3.27. The predicted molar refractivity (Wildman–Crippen MR) is 139 cm³/mol. The van der Waals surface area contributed by atoms with Crippen molar-refractivity contribution >= 4 is 23.5 Å². The molecule has 1 unspecified atom stereocenters. The highest BCUT2D eigenvalue weighted by Crippen LogP contribution is 2.41. The van der Waals surface area contributed by atoms with Crippen LogP contribution in [0.1, 0.15) is 23.0 Å². The van der Waals surface area contributed by atoms with Gasteiger partial charge in [0.25, 0.3) is 0 Å². The van der Waals surface area contributed by atoms with Crippen LogP contribution in [0.25, 0.3) is 22.4 Å². The van der Waals surface area contributed by atoms with E-state index >= 15 is 0 Å². The van der Waals surface area contributed by atoms with Gasteiger partial charge >= 0.3 is 18.1 Å². The summed E-state index contributed by atoms with van der Waals surface area (Å²) in [5.74, 6) is -3.27. The zero-order valence-corrected chi connectivity index (χ0v) is 21.7. The Kier molecular flexibility index (Phi) is 8.44. The van der Waals surface area contributed by atoms with Gasteiger partial charge in [-0.15, -0.1) is 0 Å². The van der Waals surface area contributed by atoms with Crippen LogP contribution in [-0.4, -0.2) is 72.9 Å². The van der Waals surface area contributed by atoms with Gasteiger partial charge in [0.15, 0.2) is 0 Å². The molecule has 3 aromatic rings. The van der Waals surface area contributed by atoms with E-state index in [1.165, 1.54) is 0 Å². The first-order chi connectivity index (χ1) is 18.1. The van der Waals surface area contributed by atoms with Crippen molar-refractivity contribution in [1.29, 1.82) is 0 Å². The summed E-state index contributed by atoms with van der Waals surface area (Å²) in [6.07, 6.45) is -4.76. The SMILES string of the molecule is CN(C)CCNCCC1CN(OC(=O)C(F)(F)F)C(=O)c2cc(-c3cccc(Cl)c3)c(-c3ccccc3)n21. The molecular formula is C27H28ClF3N4O3. The molecule has 2 aromatic carbocycles. The Morgan fingerprint density at radius 2 is 1.79 bits per heavy atom. The van der Waals surface area contributed by atoms with Crippen molar-refractivity contribution in [2.75, 3.05) is 40.3 Å². The number of hydroxylamine groups is 2. The van der Waals surface area contributed by atoms with Crippen LogP contribution in [0, 0.1) is 0 Å². The molecule has 202 valence electrons. The zero-order chi connectivity index (χ0) is 27.4. The molecule has 2 heterocycles. The number of likely N-dealkylation sites (N-methyl/N-ethyl adjacent to an activating group) is 1. The van der Waals surface area contributed by atoms with Crippen molar-refractivity contribution in [3.63, 3.8) is 0 Å². The number of nitrogens with one attached hydrogen (secondary N) is 1. The summed E-state index contributed by atoms with van der Waals surface area (Å²) in [6, 6.07) is 17.7. The molecule has 4 rings (SSSR count). The first kappa shape index (κ1) is 27.7. The molecule has 1 N–H and O–H groups in total. The number of nitrogens with zero attached hydrogens (tertiary/aromatic N) is 3. The van der Waals surface area contributed by atoms with Crippen molar-refractivity contribution < 1.29 is 27.6 Å². The van der Waals surface area contributed by atoms with Crippen LogP contribution in [0.15, 0.2) is 60.7 Å². The monoisotopic (exact) mass is 548 g/mol. The number of alkyl halides is 3. The Hall–Kier alpha value is -3.34. The van der Waals surface area contributed by atoms with Crippen molar-refractivity contribution in [2.24, 2.45) is 0 Å². The molecule has 0 saturated carbocycles. The van der Waals surface area contributed by atoms with Gasteiger partial charge in [-0.1, -0.05) is 54.1 Å². The fourth-order valence-corrected chi connectivity index (χ4v) is 4.66. The lowest BCUT2D eigenvalue weighted by atomic mass is 10.0. The van der Waals surface area contributed by atoms with Gasteiger partial charge < -0.3 is 19.6 Å². The number of hydrogen-bond acceptors (Lipinski definition) is 5. The molecule has 0 radical (unpaired) electrons. The number of halogens is 4. The van der Waals surface area contributed by atoms with E-state index in [2.05, 4.69) is 10.2 Å². The van der Waals surface area contributed by atoms with Gasteiger partial charge in [0, 0.05) is 23.7 Å². The van der Waals surface area contributed by atoms with Crippen molar-refractivity contribution in [3.8, 4) is 22.4 Å². The minimum atomic E-state index is -5.23. The molecule has 11 heteroatoms. The Morgan fingerprint density at radius 3 is 2.45 bits per heavy atom. The third-order valence-corrected chi connectivity index (χ3v) is 6.46. The number of carbonyl (C=O) groups is 2. The highest BCUT2D eigenvalue weighted by molar-refractivity contribution is 6.30. The summed E-state index contributed by atoms with van der Waals surface area (Å²) in [4.78, 5) is 31.6. The van der Waals surface area contributed by atoms with Crippen LogP contribution in [-0.2, 0) is 9.63 Å². The molecule has 1 aliphatic rings. The molecule has 1 amide bonds. The predicted octanol–water partition coefficient (Wildman–Crippen LogP) is 5.03. The van der Waals surface area contributed by atoms with E-state index in [4.69, 9.17) is 11.6 Å². The van der Waals surface area contributed by atoms with Gasteiger partial charge in [0.2, 0.25) is 0 Å². The fraction of sp³-hybridized carbons (Fsp3) is 0.333. The van der Waals surface area contributed by atoms with Crippen LogP contribution < -0.4 is 5.32 Å². The largest absolute Gasteiger partial charge is 0.493 e. The quantitative estimate of drug-likeness (QED) is 0.380. The van der Waals surface area contributed by atoms with Crippen LogP contribution in [0.2, 0.25) is 5.02 Å². The lowest BCUT2D eigenvalue weighted by Crippen LogP contribution is -2.46. The second-order valence-corrected chi connectivity index (χ2v) is 9.71. The Morgan fingerprint density at radius 1 is 1.08 bits per heavy atom. The van der Waals surface area contributed by atoms with Crippen LogP contribution in [0.3, 0.4) is 0 Å². The number of hydrogen-bond donors (Lipinski definition) is 1. The molecule has 38 heavy (non-hydrogen) atoms. The molecule has 7 nitrogen and oxygen atoms in total. The zero-order valence-electron chi connectivity index (χ0n) is 21.0. The topological polar surface area (TPSA) is 66.8 Å². The first-order valence-electron chi connectivity index (χ1n) is 12.1. The molecule has 0 bridgehead atoms. The van der Waals surface area contributed by atoms with Gasteiger partial charge in [-0.3, -0.25) is 4.79 Å². The second kappa shape index (κ2) is 11.6. The van der Waals surface area contributed by atoms with E-state index in [-0.39, 0.29) is 12.2 Å². The number of aromatic nitrogens is 1. The Bertz CT molecular complexity index is 1290. The highest BCUT2D eigenvalue weighted by atomic mass is 35.5. The third kappa shape index (κ3) is 6.20. The van der Waals surface area contributed by atoms with Gasteiger partial charge in [-0.25, -0.2) is 4.79 Å². The van der Waals surface area contributed by atoms with Crippen LogP contribution in [0.5, 0.6) is 0 Å². The maximum absolute atomic E-state index is 13.4. The van der Waals surface area contributed by atoms with Crippen molar-refractivity contribution in [1.82, 2.24) is 19.8 Å². The number of amides is 1. The smallest absolute Gasteiger partial charge is 0.331 e. The number of fused-ring (bicyclic) bond motifs is 1. The van der Waals surface area contributed by atoms with Gasteiger partial charge in [0.1, 0.15) is 5.69 Å². The fourth-order valence-electron chi connectivity index (χ4n) is 4.47. The molecule has 1 aliphatic heterocycles. The first-order valence-corrected chi connectivity index (χ1v) is 12.5. The maximum atomic E-state index is 13.4. The number of benzene rings is 2. The lowest BCUT2D eigenvalue weighted by molar-refractivity contribution is -0.230. The molecule has 1 aromatic heterocycles. The van der Waals surface area contributed by atoms with Crippen molar-refractivity contribution in [3.05, 3.63) is 71.4 Å². The summed E-state index contributed by atoms with van der Waals surface area (Å²) in [5, 5.41) is 4.35. The van der Waals surface area contributed by atoms with Gasteiger partial charge in [0.05, 0.1) is 18.3 Å². The van der Waals surface area contributed by atoms with E-state index in [0.717, 1.165) is 23.4 Å². The summed E-state index contributed by atoms with van der Waals surface area (Å²) >= 11 is 6.26. The van der Waals surface area contributed by atoms with E-state index in [1.54, 1.807) is 24.3 Å². The molecular weight excluding hydrogens is 521 g/mol. The molecule has 1 atom stereocenters. The van der Waals surface area contributed by atoms with E-state index in [9.17, 15) is 22.8 Å². The minimum Gasteiger partial charge on any atom is -0.331 e. The van der Waals surface area contributed by atoms with Crippen LogP contribution in [0.4, 0.5) is 13.2 Å². The van der Waals surface area contributed by atoms with Gasteiger partial charge in [-0.2, -0.15) is 18.2 Å². The number of rotatable bonds is 9. The number of carbonyl (C=O) groups excluding carboxylic acids is 2. The second-order valence-electron chi connectivity index (χ2n) is 9.28. The van der Waals surface area contributed by atoms with E-state index < -0.39 is 24.1 Å². The lowest BCUT2D eigenvalue weighted by Gasteiger charge is -2.34. The molecule has 0 aliphatic carbocycles.